The molecule has 168 valence electrons. The molecule has 31 heavy (non-hydrogen) atoms. The van der Waals surface area contributed by atoms with E-state index in [0.717, 1.165) is 31.4 Å². The van der Waals surface area contributed by atoms with Gasteiger partial charge in [-0.2, -0.15) is 5.26 Å². The number of nitrogens with zero attached hydrogens (tertiary/aromatic N) is 2. The number of hydrogen-bond acceptors (Lipinski definition) is 2. The van der Waals surface area contributed by atoms with E-state index in [0.29, 0.717) is 25.3 Å². The fourth-order valence-electron chi connectivity index (χ4n) is 4.49. The second kappa shape index (κ2) is 13.2. The number of nitriles is 1. The van der Waals surface area contributed by atoms with Gasteiger partial charge in [-0.1, -0.05) is 61.5 Å². The molecule has 0 aliphatic heterocycles. The van der Waals surface area contributed by atoms with Crippen molar-refractivity contribution in [1.29, 1.82) is 5.26 Å². The minimum atomic E-state index is -1.05. The Hall–Kier alpha value is -2.25. The SMILES string of the molecule is CC#N.CCC(CCc1ccc(C2C(F)CCCC2F)cc1)N(C)Cc1ccccc1. The lowest BCUT2D eigenvalue weighted by Gasteiger charge is -2.30. The lowest BCUT2D eigenvalue weighted by Crippen LogP contribution is -2.31. The van der Waals surface area contributed by atoms with Crippen LogP contribution in [0.15, 0.2) is 54.6 Å². The number of rotatable bonds is 8. The summed E-state index contributed by atoms with van der Waals surface area (Å²) in [6, 6.07) is 20.8. The summed E-state index contributed by atoms with van der Waals surface area (Å²) in [5, 5.41) is 7.32. The Bertz CT molecular complexity index is 775. The largest absolute Gasteiger partial charge is 0.299 e. The van der Waals surface area contributed by atoms with Crippen LogP contribution < -0.4 is 0 Å². The maximum Gasteiger partial charge on any atom is 0.110 e. The van der Waals surface area contributed by atoms with Gasteiger partial charge in [0.25, 0.3) is 0 Å². The Morgan fingerprint density at radius 2 is 1.58 bits per heavy atom. The van der Waals surface area contributed by atoms with Crippen LogP contribution in [0, 0.1) is 11.3 Å². The summed E-state index contributed by atoms with van der Waals surface area (Å²) in [5.74, 6) is -0.580. The number of hydrogen-bond donors (Lipinski definition) is 0. The van der Waals surface area contributed by atoms with E-state index in [1.807, 2.05) is 18.2 Å². The predicted molar refractivity (Wildman–Crippen MR) is 124 cm³/mol. The Morgan fingerprint density at radius 3 is 2.13 bits per heavy atom. The molecule has 3 unspecified atom stereocenters. The van der Waals surface area contributed by atoms with Crippen LogP contribution in [0.1, 0.15) is 68.6 Å². The summed E-state index contributed by atoms with van der Waals surface area (Å²) < 4.78 is 28.4. The van der Waals surface area contributed by atoms with Crippen molar-refractivity contribution >= 4 is 0 Å². The van der Waals surface area contributed by atoms with Gasteiger partial charge in [0.15, 0.2) is 0 Å². The maximum atomic E-state index is 14.2. The van der Waals surface area contributed by atoms with Crippen LogP contribution in [0.5, 0.6) is 0 Å². The molecule has 0 spiro atoms. The highest BCUT2D eigenvalue weighted by Gasteiger charge is 2.34. The quantitative estimate of drug-likeness (QED) is 0.454. The first-order valence-corrected chi connectivity index (χ1v) is 11.4. The zero-order valence-corrected chi connectivity index (χ0v) is 19.1. The van der Waals surface area contributed by atoms with E-state index in [1.54, 1.807) is 6.07 Å². The minimum absolute atomic E-state index is 0.485. The third-order valence-corrected chi connectivity index (χ3v) is 6.24. The molecule has 4 heteroatoms. The molecule has 2 nitrogen and oxygen atoms in total. The van der Waals surface area contributed by atoms with Crippen molar-refractivity contribution in [2.24, 2.45) is 0 Å². The van der Waals surface area contributed by atoms with Gasteiger partial charge in [-0.3, -0.25) is 4.90 Å². The summed E-state index contributed by atoms with van der Waals surface area (Å²) in [4.78, 5) is 2.42. The Kier molecular flexibility index (Phi) is 10.7. The monoisotopic (exact) mass is 426 g/mol. The number of alkyl halides is 2. The van der Waals surface area contributed by atoms with Crippen molar-refractivity contribution in [3.8, 4) is 6.07 Å². The molecule has 1 aliphatic carbocycles. The van der Waals surface area contributed by atoms with E-state index in [4.69, 9.17) is 5.26 Å². The fourth-order valence-corrected chi connectivity index (χ4v) is 4.49. The van der Waals surface area contributed by atoms with Crippen LogP contribution >= 0.6 is 0 Å². The molecule has 1 fully saturated rings. The highest BCUT2D eigenvalue weighted by atomic mass is 19.1. The molecular weight excluding hydrogens is 390 g/mol. The molecule has 2 aromatic carbocycles. The molecule has 0 saturated heterocycles. The molecule has 3 rings (SSSR count). The van der Waals surface area contributed by atoms with Crippen molar-refractivity contribution in [1.82, 2.24) is 4.90 Å². The summed E-state index contributed by atoms with van der Waals surface area (Å²) in [7, 11) is 2.19. The van der Waals surface area contributed by atoms with E-state index in [-0.39, 0.29) is 0 Å². The van der Waals surface area contributed by atoms with Crippen molar-refractivity contribution in [2.75, 3.05) is 7.05 Å². The molecule has 1 aliphatic rings. The van der Waals surface area contributed by atoms with Gasteiger partial charge in [0.1, 0.15) is 12.3 Å². The summed E-state index contributed by atoms with van der Waals surface area (Å²) in [6.07, 6.45) is 2.71. The van der Waals surface area contributed by atoms with Crippen molar-refractivity contribution in [3.63, 3.8) is 0 Å². The third kappa shape index (κ3) is 7.74. The molecule has 0 aromatic heterocycles. The molecule has 3 atom stereocenters. The standard InChI is InChI=1S/C25H33F2N.C2H3N/c1-3-22(28(2)18-20-8-5-4-6-9-20)17-14-19-12-15-21(16-13-19)25-23(26)10-7-11-24(25)27;1-2-3/h4-6,8-9,12-13,15-16,22-25H,3,7,10-11,14,17-18H2,1-2H3;1H3. The first-order valence-electron chi connectivity index (χ1n) is 11.4. The highest BCUT2D eigenvalue weighted by Crippen LogP contribution is 2.37. The van der Waals surface area contributed by atoms with E-state index >= 15 is 0 Å². The van der Waals surface area contributed by atoms with Gasteiger partial charge in [0.05, 0.1) is 6.07 Å². The lowest BCUT2D eigenvalue weighted by molar-refractivity contribution is 0.124. The van der Waals surface area contributed by atoms with E-state index in [1.165, 1.54) is 18.1 Å². The second-order valence-corrected chi connectivity index (χ2v) is 8.46. The third-order valence-electron chi connectivity index (χ3n) is 6.24. The molecule has 0 bridgehead atoms. The fraction of sp³-hybridized carbons (Fsp3) is 0.519. The van der Waals surface area contributed by atoms with E-state index in [9.17, 15) is 8.78 Å². The normalized spacial score (nSPS) is 21.6. The number of benzene rings is 2. The van der Waals surface area contributed by atoms with Crippen LogP contribution in [0.3, 0.4) is 0 Å². The number of halogens is 2. The molecule has 0 amide bonds. The first-order chi connectivity index (χ1) is 15.0. The van der Waals surface area contributed by atoms with Crippen molar-refractivity contribution < 1.29 is 8.78 Å². The van der Waals surface area contributed by atoms with Crippen LogP contribution in [-0.4, -0.2) is 30.3 Å². The van der Waals surface area contributed by atoms with Gasteiger partial charge in [0.2, 0.25) is 0 Å². The zero-order chi connectivity index (χ0) is 22.6. The van der Waals surface area contributed by atoms with Crippen LogP contribution in [0.25, 0.3) is 0 Å². The maximum absolute atomic E-state index is 14.2. The summed E-state index contributed by atoms with van der Waals surface area (Å²) >= 11 is 0. The van der Waals surface area contributed by atoms with Gasteiger partial charge in [-0.15, -0.1) is 0 Å². The highest BCUT2D eigenvalue weighted by molar-refractivity contribution is 5.28. The number of aryl methyl sites for hydroxylation is 1. The molecule has 0 radical (unpaired) electrons. The minimum Gasteiger partial charge on any atom is -0.299 e. The van der Waals surface area contributed by atoms with Gasteiger partial charge in [-0.25, -0.2) is 8.78 Å². The van der Waals surface area contributed by atoms with E-state index in [2.05, 4.69) is 55.3 Å². The Labute approximate surface area is 186 Å². The van der Waals surface area contributed by atoms with Crippen molar-refractivity contribution in [3.05, 3.63) is 71.3 Å². The van der Waals surface area contributed by atoms with Gasteiger partial charge in [0, 0.05) is 25.4 Å². The van der Waals surface area contributed by atoms with Crippen molar-refractivity contribution in [2.45, 2.75) is 83.2 Å². The smallest absolute Gasteiger partial charge is 0.110 e. The molecular formula is C27H36F2N2. The van der Waals surface area contributed by atoms with Gasteiger partial charge < -0.3 is 0 Å². The van der Waals surface area contributed by atoms with Crippen LogP contribution in [0.2, 0.25) is 0 Å². The molecule has 2 aromatic rings. The molecule has 0 heterocycles. The predicted octanol–water partition coefficient (Wildman–Crippen LogP) is 7.00. The second-order valence-electron chi connectivity index (χ2n) is 8.46. The van der Waals surface area contributed by atoms with Crippen LogP contribution in [-0.2, 0) is 13.0 Å². The van der Waals surface area contributed by atoms with E-state index < -0.39 is 18.3 Å². The average molecular weight is 427 g/mol. The van der Waals surface area contributed by atoms with Crippen LogP contribution in [0.4, 0.5) is 8.78 Å². The van der Waals surface area contributed by atoms with Gasteiger partial charge >= 0.3 is 0 Å². The summed E-state index contributed by atoms with van der Waals surface area (Å²) in [5.41, 5.74) is 3.40. The first kappa shape index (κ1) is 25.0. The molecule has 0 N–H and O–H groups in total. The zero-order valence-electron chi connectivity index (χ0n) is 19.1. The lowest BCUT2D eigenvalue weighted by atomic mass is 9.81. The molecule has 1 saturated carbocycles. The topological polar surface area (TPSA) is 27.0 Å². The summed E-state index contributed by atoms with van der Waals surface area (Å²) in [6.45, 7) is 4.62. The average Bonchev–Trinajstić information content (AvgIpc) is 2.76. The van der Waals surface area contributed by atoms with Gasteiger partial charge in [-0.05, 0) is 62.3 Å². The Balaban J connectivity index is 0.00000107. The Morgan fingerprint density at radius 1 is 1.00 bits per heavy atom.